The number of benzene rings is 4. The largest absolute Gasteiger partial charge is 0.483 e. The summed E-state index contributed by atoms with van der Waals surface area (Å²) in [5, 5.41) is 3.21. The first kappa shape index (κ1) is 30.0. The lowest BCUT2D eigenvalue weighted by Crippen LogP contribution is -2.35. The van der Waals surface area contributed by atoms with Crippen LogP contribution in [0.1, 0.15) is 23.1 Å². The van der Waals surface area contributed by atoms with Gasteiger partial charge >= 0.3 is 0 Å². The summed E-state index contributed by atoms with van der Waals surface area (Å²) in [5.74, 6) is -0.0663. The maximum absolute atomic E-state index is 13.5. The average Bonchev–Trinajstić information content (AvgIpc) is 3.44. The molecule has 1 amide bonds. The molecule has 0 fully saturated rings. The SMILES string of the molecule is Cc1cc(S(=O)(=O)N2CCCc3ccccc32)ccc1OCC(=O)Nc1ccc2c(c1)N(S(=O)(=O)c1ccc(Cl)cc1)CC2. The molecular weight excluding hydrogens is 622 g/mol. The summed E-state index contributed by atoms with van der Waals surface area (Å²) in [6.45, 7) is 2.10. The highest BCUT2D eigenvalue weighted by Crippen LogP contribution is 2.36. The summed E-state index contributed by atoms with van der Waals surface area (Å²) >= 11 is 5.93. The van der Waals surface area contributed by atoms with Crippen LogP contribution in [0.3, 0.4) is 0 Å². The highest BCUT2D eigenvalue weighted by atomic mass is 35.5. The predicted molar refractivity (Wildman–Crippen MR) is 171 cm³/mol. The van der Waals surface area contributed by atoms with Crippen molar-refractivity contribution in [2.45, 2.75) is 36.0 Å². The molecule has 44 heavy (non-hydrogen) atoms. The van der Waals surface area contributed by atoms with Crippen LogP contribution in [0.4, 0.5) is 17.1 Å². The normalized spacial score (nSPS) is 14.6. The number of hydrogen-bond donors (Lipinski definition) is 1. The molecule has 0 radical (unpaired) electrons. The van der Waals surface area contributed by atoms with Crippen LogP contribution in [0.2, 0.25) is 5.02 Å². The second-order valence-electron chi connectivity index (χ2n) is 10.7. The zero-order valence-electron chi connectivity index (χ0n) is 23.9. The van der Waals surface area contributed by atoms with Gasteiger partial charge in [-0.15, -0.1) is 0 Å². The highest BCUT2D eigenvalue weighted by Gasteiger charge is 2.32. The number of hydrogen-bond acceptors (Lipinski definition) is 6. The molecule has 2 heterocycles. The smallest absolute Gasteiger partial charge is 0.264 e. The summed E-state index contributed by atoms with van der Waals surface area (Å²) in [5.41, 5.74) is 4.06. The fourth-order valence-corrected chi connectivity index (χ4v) is 8.82. The number of carbonyl (C=O) groups is 1. The quantitative estimate of drug-likeness (QED) is 0.267. The van der Waals surface area contributed by atoms with Crippen LogP contribution in [-0.4, -0.2) is 42.4 Å². The Morgan fingerprint density at radius 2 is 1.48 bits per heavy atom. The number of rotatable bonds is 8. The van der Waals surface area contributed by atoms with Gasteiger partial charge in [0.15, 0.2) is 6.61 Å². The summed E-state index contributed by atoms with van der Waals surface area (Å²) in [6, 6.07) is 23.3. The van der Waals surface area contributed by atoms with Gasteiger partial charge in [-0.2, -0.15) is 0 Å². The third-order valence-corrected chi connectivity index (χ3v) is 11.7. The molecule has 12 heteroatoms. The molecule has 228 valence electrons. The first-order chi connectivity index (χ1) is 21.0. The number of amides is 1. The van der Waals surface area contributed by atoms with Crippen LogP contribution < -0.4 is 18.7 Å². The van der Waals surface area contributed by atoms with E-state index in [-0.39, 0.29) is 22.9 Å². The molecular formula is C32H30ClN3O6S2. The van der Waals surface area contributed by atoms with Crippen molar-refractivity contribution < 1.29 is 26.4 Å². The lowest BCUT2D eigenvalue weighted by molar-refractivity contribution is -0.118. The molecule has 4 aromatic rings. The first-order valence-corrected chi connectivity index (χ1v) is 17.3. The van der Waals surface area contributed by atoms with Crippen molar-refractivity contribution in [3.8, 4) is 5.75 Å². The minimum absolute atomic E-state index is 0.132. The van der Waals surface area contributed by atoms with Gasteiger partial charge in [0.05, 0.1) is 21.2 Å². The second-order valence-corrected chi connectivity index (χ2v) is 14.9. The molecule has 9 nitrogen and oxygen atoms in total. The summed E-state index contributed by atoms with van der Waals surface area (Å²) < 4.78 is 62.2. The van der Waals surface area contributed by atoms with Gasteiger partial charge < -0.3 is 10.1 Å². The lowest BCUT2D eigenvalue weighted by atomic mass is 10.0. The molecule has 6 rings (SSSR count). The van der Waals surface area contributed by atoms with Crippen LogP contribution in [0.25, 0.3) is 0 Å². The van der Waals surface area contributed by atoms with Crippen molar-refractivity contribution in [3.05, 3.63) is 107 Å². The van der Waals surface area contributed by atoms with E-state index in [2.05, 4.69) is 5.32 Å². The zero-order chi connectivity index (χ0) is 31.1. The van der Waals surface area contributed by atoms with Gasteiger partial charge in [-0.1, -0.05) is 35.9 Å². The Hall–Kier alpha value is -4.06. The molecule has 0 saturated carbocycles. The predicted octanol–water partition coefficient (Wildman–Crippen LogP) is 5.56. The van der Waals surface area contributed by atoms with Gasteiger partial charge in [-0.3, -0.25) is 13.4 Å². The molecule has 0 saturated heterocycles. The number of ether oxygens (including phenoxy) is 1. The van der Waals surface area contributed by atoms with Gasteiger partial charge in [0, 0.05) is 23.8 Å². The topological polar surface area (TPSA) is 113 Å². The number of carbonyl (C=O) groups excluding carboxylic acids is 1. The number of anilines is 3. The van der Waals surface area contributed by atoms with Crippen LogP contribution in [-0.2, 0) is 37.7 Å². The lowest BCUT2D eigenvalue weighted by Gasteiger charge is -2.30. The van der Waals surface area contributed by atoms with Crippen LogP contribution in [0.5, 0.6) is 5.75 Å². The number of para-hydroxylation sites is 1. The Morgan fingerprint density at radius 3 is 2.25 bits per heavy atom. The minimum atomic E-state index is -3.81. The summed E-state index contributed by atoms with van der Waals surface area (Å²) in [6.07, 6.45) is 2.13. The molecule has 0 unspecified atom stereocenters. The molecule has 0 spiro atoms. The molecule has 1 N–H and O–H groups in total. The van der Waals surface area contributed by atoms with E-state index in [0.29, 0.717) is 46.4 Å². The second kappa shape index (κ2) is 11.8. The van der Waals surface area contributed by atoms with E-state index in [4.69, 9.17) is 16.3 Å². The molecule has 2 aliphatic rings. The number of nitrogens with zero attached hydrogens (tertiary/aromatic N) is 2. The van der Waals surface area contributed by atoms with E-state index in [0.717, 1.165) is 24.0 Å². The first-order valence-electron chi connectivity index (χ1n) is 14.1. The van der Waals surface area contributed by atoms with Crippen molar-refractivity contribution in [3.63, 3.8) is 0 Å². The van der Waals surface area contributed by atoms with Crippen molar-refractivity contribution >= 4 is 54.6 Å². The van der Waals surface area contributed by atoms with Crippen LogP contribution in [0, 0.1) is 6.92 Å². The van der Waals surface area contributed by atoms with Crippen LogP contribution >= 0.6 is 11.6 Å². The minimum Gasteiger partial charge on any atom is -0.483 e. The highest BCUT2D eigenvalue weighted by molar-refractivity contribution is 7.93. The third-order valence-electron chi connectivity index (χ3n) is 7.78. The van der Waals surface area contributed by atoms with Gasteiger partial charge in [-0.25, -0.2) is 16.8 Å². The fourth-order valence-electron chi connectivity index (χ4n) is 5.57. The summed E-state index contributed by atoms with van der Waals surface area (Å²) in [7, 11) is -7.59. The standard InChI is InChI=1S/C32H30ClN3O6S2/c1-22-19-28(44(40,41)35-17-4-6-23-5-2-3-7-29(23)35)14-15-31(22)42-21-32(37)34-26-11-8-24-16-18-36(30(24)20-26)43(38,39)27-12-9-25(33)10-13-27/h2-3,5,7-15,19-20H,4,6,16-18,21H2,1H3,(H,34,37). The molecule has 0 bridgehead atoms. The Bertz CT molecular complexity index is 1960. The number of sulfonamides is 2. The van der Waals surface area contributed by atoms with E-state index in [1.165, 1.54) is 38.9 Å². The number of nitrogens with one attached hydrogen (secondary N) is 1. The van der Waals surface area contributed by atoms with Crippen LogP contribution in [0.15, 0.2) is 94.7 Å². The van der Waals surface area contributed by atoms with E-state index >= 15 is 0 Å². The van der Waals surface area contributed by atoms with E-state index < -0.39 is 26.0 Å². The molecule has 2 aliphatic heterocycles. The molecule has 4 aromatic carbocycles. The van der Waals surface area contributed by atoms with E-state index in [9.17, 15) is 21.6 Å². The Morgan fingerprint density at radius 1 is 0.795 bits per heavy atom. The van der Waals surface area contributed by atoms with Crippen molar-refractivity contribution in [1.29, 1.82) is 0 Å². The number of fused-ring (bicyclic) bond motifs is 2. The Kier molecular flexibility index (Phi) is 8.04. The Balaban J connectivity index is 1.12. The Labute approximate surface area is 262 Å². The van der Waals surface area contributed by atoms with E-state index in [1.807, 2.05) is 24.3 Å². The van der Waals surface area contributed by atoms with Gasteiger partial charge in [0.1, 0.15) is 5.75 Å². The molecule has 0 aromatic heterocycles. The molecule has 0 atom stereocenters. The maximum Gasteiger partial charge on any atom is 0.264 e. The fraction of sp³-hybridized carbons (Fsp3) is 0.219. The van der Waals surface area contributed by atoms with Crippen molar-refractivity contribution in [2.75, 3.05) is 33.6 Å². The monoisotopic (exact) mass is 651 g/mol. The van der Waals surface area contributed by atoms with Gasteiger partial charge in [0.2, 0.25) is 0 Å². The van der Waals surface area contributed by atoms with Gasteiger partial charge in [-0.05, 0) is 104 Å². The molecule has 0 aliphatic carbocycles. The number of aryl methyl sites for hydroxylation is 2. The summed E-state index contributed by atoms with van der Waals surface area (Å²) in [4.78, 5) is 13.1. The average molecular weight is 652 g/mol. The third kappa shape index (κ3) is 5.74. The van der Waals surface area contributed by atoms with Crippen molar-refractivity contribution in [1.82, 2.24) is 0 Å². The van der Waals surface area contributed by atoms with Crippen molar-refractivity contribution in [2.24, 2.45) is 0 Å². The van der Waals surface area contributed by atoms with E-state index in [1.54, 1.807) is 37.3 Å². The maximum atomic E-state index is 13.5. The zero-order valence-corrected chi connectivity index (χ0v) is 26.3. The number of halogens is 1. The van der Waals surface area contributed by atoms with Gasteiger partial charge in [0.25, 0.3) is 26.0 Å².